The molecule has 30 heavy (non-hydrogen) atoms. The largest absolute Gasteiger partial charge is 0.483 e. The summed E-state index contributed by atoms with van der Waals surface area (Å²) in [5.41, 5.74) is 17.3. The van der Waals surface area contributed by atoms with Crippen molar-refractivity contribution in [3.8, 4) is 17.0 Å². The highest BCUT2D eigenvalue weighted by atomic mass is 16.5. The molecule has 0 spiro atoms. The van der Waals surface area contributed by atoms with Crippen molar-refractivity contribution in [1.29, 1.82) is 0 Å². The number of rotatable bonds is 6. The number of primary amides is 1. The van der Waals surface area contributed by atoms with Gasteiger partial charge in [0.25, 0.3) is 5.91 Å². The van der Waals surface area contributed by atoms with Gasteiger partial charge in [0.2, 0.25) is 0 Å². The lowest BCUT2D eigenvalue weighted by molar-refractivity contribution is -0.119. The summed E-state index contributed by atoms with van der Waals surface area (Å²) in [6.07, 6.45) is 1.94. The number of carbonyl (C=O) groups excluding carboxylic acids is 1. The second kappa shape index (κ2) is 7.79. The highest BCUT2D eigenvalue weighted by Gasteiger charge is 2.21. The normalized spacial score (nSPS) is 10.9. The summed E-state index contributed by atoms with van der Waals surface area (Å²) < 4.78 is 7.61. The summed E-state index contributed by atoms with van der Waals surface area (Å²) in [7, 11) is 0. The number of amides is 1. The van der Waals surface area contributed by atoms with Crippen LogP contribution in [0.25, 0.3) is 16.9 Å². The number of nitrogens with two attached hydrogens (primary N) is 2. The van der Waals surface area contributed by atoms with Crippen LogP contribution in [0, 0.1) is 13.8 Å². The summed E-state index contributed by atoms with van der Waals surface area (Å²) >= 11 is 0. The Bertz CT molecular complexity index is 1230. The minimum Gasteiger partial charge on any atom is -0.483 e. The van der Waals surface area contributed by atoms with Gasteiger partial charge in [-0.25, -0.2) is 4.98 Å². The predicted molar refractivity (Wildman–Crippen MR) is 119 cm³/mol. The Morgan fingerprint density at radius 3 is 2.53 bits per heavy atom. The Hall–Kier alpha value is -4.00. The Morgan fingerprint density at radius 2 is 1.80 bits per heavy atom. The van der Waals surface area contributed by atoms with Crippen molar-refractivity contribution < 1.29 is 9.53 Å². The molecule has 4 rings (SSSR count). The molecule has 0 atom stereocenters. The number of hydrogen-bond acceptors (Lipinski definition) is 5. The minimum absolute atomic E-state index is 0.247. The molecule has 0 radical (unpaired) electrons. The van der Waals surface area contributed by atoms with Crippen molar-refractivity contribution in [2.45, 2.75) is 13.8 Å². The SMILES string of the molecule is Cc1cccc(C)c1Nc1c(-c2c(N)cccc2OCC(N)=O)nc2ccccn12. The van der Waals surface area contributed by atoms with E-state index in [4.69, 9.17) is 21.2 Å². The zero-order valence-electron chi connectivity index (χ0n) is 16.8. The molecular formula is C23H23N5O2. The van der Waals surface area contributed by atoms with Gasteiger partial charge in [0.15, 0.2) is 6.61 Å². The van der Waals surface area contributed by atoms with E-state index in [1.807, 2.05) is 34.9 Å². The van der Waals surface area contributed by atoms with Gasteiger partial charge in [-0.3, -0.25) is 9.20 Å². The molecule has 0 aliphatic rings. The van der Waals surface area contributed by atoms with Gasteiger partial charge in [-0.05, 0) is 49.2 Å². The fourth-order valence-electron chi connectivity index (χ4n) is 3.49. The molecule has 0 unspecified atom stereocenters. The average molecular weight is 401 g/mol. The maximum Gasteiger partial charge on any atom is 0.255 e. The number of aryl methyl sites for hydroxylation is 2. The summed E-state index contributed by atoms with van der Waals surface area (Å²) in [6.45, 7) is 3.86. The van der Waals surface area contributed by atoms with Crippen LogP contribution in [0.4, 0.5) is 17.2 Å². The number of hydrogen-bond donors (Lipinski definition) is 3. The van der Waals surface area contributed by atoms with Crippen molar-refractivity contribution >= 4 is 28.7 Å². The first-order valence-corrected chi connectivity index (χ1v) is 9.56. The van der Waals surface area contributed by atoms with Crippen LogP contribution in [0.1, 0.15) is 11.1 Å². The minimum atomic E-state index is -0.563. The monoisotopic (exact) mass is 401 g/mol. The van der Waals surface area contributed by atoms with Crippen molar-refractivity contribution in [3.63, 3.8) is 0 Å². The fourth-order valence-corrected chi connectivity index (χ4v) is 3.49. The zero-order valence-corrected chi connectivity index (χ0v) is 16.8. The number of ether oxygens (including phenoxy) is 1. The third-order valence-electron chi connectivity index (χ3n) is 4.92. The molecule has 0 bridgehead atoms. The van der Waals surface area contributed by atoms with Crippen LogP contribution in [0.5, 0.6) is 5.75 Å². The molecule has 5 N–H and O–H groups in total. The summed E-state index contributed by atoms with van der Waals surface area (Å²) in [6, 6.07) is 17.2. The van der Waals surface area contributed by atoms with Crippen molar-refractivity contribution in [3.05, 3.63) is 71.9 Å². The molecule has 4 aromatic rings. The number of carbonyl (C=O) groups is 1. The molecule has 0 saturated heterocycles. The number of fused-ring (bicyclic) bond motifs is 1. The summed E-state index contributed by atoms with van der Waals surface area (Å²) in [5.74, 6) is 0.638. The lowest BCUT2D eigenvalue weighted by Gasteiger charge is -2.16. The Labute approximate surface area is 174 Å². The molecule has 2 aromatic heterocycles. The van der Waals surface area contributed by atoms with Crippen LogP contribution in [-0.4, -0.2) is 21.9 Å². The van der Waals surface area contributed by atoms with Crippen LogP contribution in [0.15, 0.2) is 60.8 Å². The van der Waals surface area contributed by atoms with Crippen molar-refractivity contribution in [1.82, 2.24) is 9.38 Å². The second-order valence-corrected chi connectivity index (χ2v) is 7.11. The molecule has 1 amide bonds. The van der Waals surface area contributed by atoms with E-state index in [0.717, 1.165) is 28.3 Å². The number of para-hydroxylation sites is 1. The van der Waals surface area contributed by atoms with E-state index >= 15 is 0 Å². The maximum absolute atomic E-state index is 11.3. The number of pyridine rings is 1. The molecular weight excluding hydrogens is 378 g/mol. The highest BCUT2D eigenvalue weighted by Crippen LogP contribution is 2.40. The topological polar surface area (TPSA) is 108 Å². The number of nitrogen functional groups attached to an aromatic ring is 1. The van der Waals surface area contributed by atoms with Gasteiger partial charge < -0.3 is 21.5 Å². The van der Waals surface area contributed by atoms with Gasteiger partial charge in [-0.1, -0.05) is 30.3 Å². The van der Waals surface area contributed by atoms with Crippen LogP contribution in [-0.2, 0) is 4.79 Å². The number of imidazole rings is 1. The van der Waals surface area contributed by atoms with Gasteiger partial charge >= 0.3 is 0 Å². The van der Waals surface area contributed by atoms with Gasteiger partial charge in [0, 0.05) is 17.6 Å². The highest BCUT2D eigenvalue weighted by molar-refractivity contribution is 5.90. The lowest BCUT2D eigenvalue weighted by atomic mass is 10.1. The molecule has 152 valence electrons. The first-order chi connectivity index (χ1) is 14.5. The smallest absolute Gasteiger partial charge is 0.255 e. The third kappa shape index (κ3) is 3.53. The Morgan fingerprint density at radius 1 is 1.07 bits per heavy atom. The molecule has 0 saturated carbocycles. The van der Waals surface area contributed by atoms with Crippen LogP contribution >= 0.6 is 0 Å². The average Bonchev–Trinajstić information content (AvgIpc) is 3.07. The maximum atomic E-state index is 11.3. The van der Waals surface area contributed by atoms with E-state index in [1.165, 1.54) is 0 Å². The summed E-state index contributed by atoms with van der Waals surface area (Å²) in [5, 5.41) is 3.55. The number of benzene rings is 2. The molecule has 2 heterocycles. The fraction of sp³-hybridized carbons (Fsp3) is 0.130. The van der Waals surface area contributed by atoms with E-state index < -0.39 is 5.91 Å². The van der Waals surface area contributed by atoms with E-state index in [0.29, 0.717) is 22.7 Å². The number of aromatic nitrogens is 2. The van der Waals surface area contributed by atoms with E-state index in [9.17, 15) is 4.79 Å². The Balaban J connectivity index is 1.93. The summed E-state index contributed by atoms with van der Waals surface area (Å²) in [4.78, 5) is 16.1. The van der Waals surface area contributed by atoms with Gasteiger partial charge in [-0.15, -0.1) is 0 Å². The van der Waals surface area contributed by atoms with Gasteiger partial charge in [0.05, 0.1) is 5.56 Å². The lowest BCUT2D eigenvalue weighted by Crippen LogP contribution is -2.20. The first-order valence-electron chi connectivity index (χ1n) is 9.56. The second-order valence-electron chi connectivity index (χ2n) is 7.11. The number of nitrogens with zero attached hydrogens (tertiary/aromatic N) is 2. The van der Waals surface area contributed by atoms with E-state index in [2.05, 4.69) is 31.3 Å². The first kappa shape index (κ1) is 19.3. The van der Waals surface area contributed by atoms with Gasteiger partial charge in [-0.2, -0.15) is 0 Å². The van der Waals surface area contributed by atoms with Crippen molar-refractivity contribution in [2.24, 2.45) is 5.73 Å². The van der Waals surface area contributed by atoms with E-state index in [1.54, 1.807) is 18.2 Å². The predicted octanol–water partition coefficient (Wildman–Crippen LogP) is 3.81. The number of anilines is 3. The molecule has 2 aromatic carbocycles. The Kier molecular flexibility index (Phi) is 5.02. The van der Waals surface area contributed by atoms with Crippen LogP contribution in [0.3, 0.4) is 0 Å². The van der Waals surface area contributed by atoms with Crippen LogP contribution in [0.2, 0.25) is 0 Å². The third-order valence-corrected chi connectivity index (χ3v) is 4.92. The molecule has 7 heteroatoms. The molecule has 0 fully saturated rings. The molecule has 0 aliphatic heterocycles. The quantitative estimate of drug-likeness (QED) is 0.426. The van der Waals surface area contributed by atoms with Crippen molar-refractivity contribution in [2.75, 3.05) is 17.7 Å². The van der Waals surface area contributed by atoms with Crippen LogP contribution < -0.4 is 21.5 Å². The zero-order chi connectivity index (χ0) is 21.3. The molecule has 7 nitrogen and oxygen atoms in total. The molecule has 0 aliphatic carbocycles. The standard InChI is InChI=1S/C23H23N5O2/c1-14-7-5-8-15(2)21(14)27-23-22(26-19-11-3-4-12-28(19)23)20-16(24)9-6-10-17(20)30-13-18(25)29/h3-12,27H,13,24H2,1-2H3,(H2,25,29). The number of nitrogens with one attached hydrogen (secondary N) is 1. The van der Waals surface area contributed by atoms with Gasteiger partial charge in [0.1, 0.15) is 22.9 Å². The van der Waals surface area contributed by atoms with E-state index in [-0.39, 0.29) is 6.61 Å².